The van der Waals surface area contributed by atoms with Crippen LogP contribution in [0.3, 0.4) is 0 Å². The minimum atomic E-state index is -0.134. The highest BCUT2D eigenvalue weighted by Crippen LogP contribution is 2.26. The molecule has 2 rings (SSSR count). The summed E-state index contributed by atoms with van der Waals surface area (Å²) in [5.41, 5.74) is 0.634. The predicted octanol–water partition coefficient (Wildman–Crippen LogP) is 2.31. The molecule has 144 valence electrons. The summed E-state index contributed by atoms with van der Waals surface area (Å²) in [6.45, 7) is 4.39. The van der Waals surface area contributed by atoms with Crippen molar-refractivity contribution in [2.24, 2.45) is 5.92 Å². The minimum Gasteiger partial charge on any atom is -0.497 e. The molecule has 7 nitrogen and oxygen atoms in total. The molecule has 1 saturated heterocycles. The molecule has 0 radical (unpaired) electrons. The van der Waals surface area contributed by atoms with Crippen LogP contribution in [0.2, 0.25) is 0 Å². The third-order valence-electron chi connectivity index (χ3n) is 4.42. The lowest BCUT2D eigenvalue weighted by Gasteiger charge is -2.31. The molecule has 0 aromatic heterocycles. The Bertz CT molecular complexity index is 598. The van der Waals surface area contributed by atoms with Crippen LogP contribution in [0.1, 0.15) is 26.2 Å². The van der Waals surface area contributed by atoms with Gasteiger partial charge in [0, 0.05) is 43.4 Å². The molecule has 1 aromatic carbocycles. The van der Waals surface area contributed by atoms with Gasteiger partial charge in [-0.2, -0.15) is 0 Å². The number of nitrogens with one attached hydrogen (secondary N) is 1. The van der Waals surface area contributed by atoms with Crippen LogP contribution in [-0.4, -0.2) is 57.2 Å². The number of rotatable bonds is 8. The molecule has 1 aliphatic rings. The summed E-state index contributed by atoms with van der Waals surface area (Å²) < 4.78 is 15.5. The molecular formula is C19H28N2O5. The fourth-order valence-corrected chi connectivity index (χ4v) is 3.07. The van der Waals surface area contributed by atoms with Gasteiger partial charge in [-0.05, 0) is 26.3 Å². The van der Waals surface area contributed by atoms with E-state index in [0.717, 1.165) is 19.4 Å². The first-order valence-electron chi connectivity index (χ1n) is 8.97. The highest BCUT2D eigenvalue weighted by atomic mass is 16.5. The number of anilines is 1. The second kappa shape index (κ2) is 10.0. The second-order valence-electron chi connectivity index (χ2n) is 6.29. The lowest BCUT2D eigenvalue weighted by Crippen LogP contribution is -2.40. The molecular weight excluding hydrogens is 336 g/mol. The molecule has 7 heteroatoms. The van der Waals surface area contributed by atoms with Gasteiger partial charge < -0.3 is 24.4 Å². The number of piperidine rings is 1. The molecule has 0 saturated carbocycles. The maximum Gasteiger partial charge on any atom is 0.310 e. The smallest absolute Gasteiger partial charge is 0.310 e. The Morgan fingerprint density at radius 2 is 1.88 bits per heavy atom. The third kappa shape index (κ3) is 5.91. The van der Waals surface area contributed by atoms with Crippen molar-refractivity contribution in [3.8, 4) is 11.5 Å². The van der Waals surface area contributed by atoms with Gasteiger partial charge in [-0.15, -0.1) is 0 Å². The van der Waals surface area contributed by atoms with Crippen molar-refractivity contribution in [2.75, 3.05) is 45.8 Å². The first-order valence-corrected chi connectivity index (χ1v) is 8.97. The van der Waals surface area contributed by atoms with E-state index in [4.69, 9.17) is 14.2 Å². The van der Waals surface area contributed by atoms with E-state index in [1.165, 1.54) is 0 Å². The number of hydrogen-bond acceptors (Lipinski definition) is 6. The maximum absolute atomic E-state index is 12.3. The quantitative estimate of drug-likeness (QED) is 0.714. The van der Waals surface area contributed by atoms with Crippen molar-refractivity contribution >= 4 is 17.6 Å². The zero-order valence-electron chi connectivity index (χ0n) is 15.7. The standard InChI is InChI=1S/C19H28N2O5/c1-4-26-19(23)14-6-5-8-21(13-14)9-7-18(22)20-15-10-16(24-2)12-17(11-15)25-3/h10-12,14H,4-9,13H2,1-3H3,(H,20,22)/t14-/m1/s1. The van der Waals surface area contributed by atoms with E-state index in [0.29, 0.717) is 43.3 Å². The Hall–Kier alpha value is -2.28. The molecule has 1 atom stereocenters. The highest BCUT2D eigenvalue weighted by Gasteiger charge is 2.26. The Labute approximate surface area is 154 Å². The fourth-order valence-electron chi connectivity index (χ4n) is 3.07. The summed E-state index contributed by atoms with van der Waals surface area (Å²) in [6, 6.07) is 5.25. The predicted molar refractivity (Wildman–Crippen MR) is 98.6 cm³/mol. The third-order valence-corrected chi connectivity index (χ3v) is 4.42. The summed E-state index contributed by atoms with van der Waals surface area (Å²) in [5, 5.41) is 2.87. The van der Waals surface area contributed by atoms with E-state index in [1.807, 2.05) is 6.92 Å². The van der Waals surface area contributed by atoms with Crippen molar-refractivity contribution < 1.29 is 23.8 Å². The van der Waals surface area contributed by atoms with E-state index in [-0.39, 0.29) is 17.8 Å². The topological polar surface area (TPSA) is 77.1 Å². The van der Waals surface area contributed by atoms with Crippen molar-refractivity contribution in [1.82, 2.24) is 4.90 Å². The Morgan fingerprint density at radius 1 is 1.19 bits per heavy atom. The average molecular weight is 364 g/mol. The number of nitrogens with zero attached hydrogens (tertiary/aromatic N) is 1. The zero-order chi connectivity index (χ0) is 18.9. The van der Waals surface area contributed by atoms with Crippen molar-refractivity contribution in [2.45, 2.75) is 26.2 Å². The van der Waals surface area contributed by atoms with Crippen molar-refractivity contribution in [3.05, 3.63) is 18.2 Å². The normalized spacial score (nSPS) is 17.4. The van der Waals surface area contributed by atoms with E-state index < -0.39 is 0 Å². The zero-order valence-corrected chi connectivity index (χ0v) is 15.7. The summed E-state index contributed by atoms with van der Waals surface area (Å²) in [6.07, 6.45) is 2.15. The molecule has 1 fully saturated rings. The SMILES string of the molecule is CCOC(=O)[C@@H]1CCCN(CCC(=O)Nc2cc(OC)cc(OC)c2)C1. The molecule has 0 bridgehead atoms. The summed E-state index contributed by atoms with van der Waals surface area (Å²) in [4.78, 5) is 26.3. The molecule has 26 heavy (non-hydrogen) atoms. The van der Waals surface area contributed by atoms with Gasteiger partial charge in [-0.25, -0.2) is 0 Å². The number of amides is 1. The Balaban J connectivity index is 1.84. The fraction of sp³-hybridized carbons (Fsp3) is 0.579. The van der Waals surface area contributed by atoms with Gasteiger partial charge in [0.1, 0.15) is 11.5 Å². The monoisotopic (exact) mass is 364 g/mol. The molecule has 1 amide bonds. The molecule has 0 aliphatic carbocycles. The average Bonchev–Trinajstić information content (AvgIpc) is 2.66. The lowest BCUT2D eigenvalue weighted by molar-refractivity contribution is -0.149. The molecule has 0 spiro atoms. The number of hydrogen-bond donors (Lipinski definition) is 1. The van der Waals surface area contributed by atoms with Crippen LogP contribution in [0.25, 0.3) is 0 Å². The molecule has 1 N–H and O–H groups in total. The lowest BCUT2D eigenvalue weighted by atomic mass is 9.98. The van der Waals surface area contributed by atoms with Crippen LogP contribution in [0.15, 0.2) is 18.2 Å². The van der Waals surface area contributed by atoms with Gasteiger partial charge in [-0.1, -0.05) is 0 Å². The molecule has 1 aromatic rings. The van der Waals surface area contributed by atoms with E-state index in [1.54, 1.807) is 32.4 Å². The minimum absolute atomic E-state index is 0.0847. The van der Waals surface area contributed by atoms with Crippen molar-refractivity contribution in [3.63, 3.8) is 0 Å². The van der Waals surface area contributed by atoms with Crippen LogP contribution in [0.4, 0.5) is 5.69 Å². The van der Waals surface area contributed by atoms with Crippen LogP contribution in [0.5, 0.6) is 11.5 Å². The first kappa shape index (κ1) is 20.0. The van der Waals surface area contributed by atoms with Gasteiger partial charge >= 0.3 is 5.97 Å². The Morgan fingerprint density at radius 3 is 2.50 bits per heavy atom. The molecule has 1 aliphatic heterocycles. The summed E-state index contributed by atoms with van der Waals surface area (Å²) in [5.74, 6) is 0.930. The number of carbonyl (C=O) groups is 2. The van der Waals surface area contributed by atoms with Crippen molar-refractivity contribution in [1.29, 1.82) is 0 Å². The van der Waals surface area contributed by atoms with Crippen LogP contribution >= 0.6 is 0 Å². The second-order valence-corrected chi connectivity index (χ2v) is 6.29. The van der Waals surface area contributed by atoms with Gasteiger partial charge in [0.25, 0.3) is 0 Å². The van der Waals surface area contributed by atoms with E-state index >= 15 is 0 Å². The van der Waals surface area contributed by atoms with Crippen LogP contribution < -0.4 is 14.8 Å². The van der Waals surface area contributed by atoms with Gasteiger partial charge in [0.2, 0.25) is 5.91 Å². The highest BCUT2D eigenvalue weighted by molar-refractivity contribution is 5.91. The Kier molecular flexibility index (Phi) is 7.72. The van der Waals surface area contributed by atoms with Gasteiger partial charge in [0.15, 0.2) is 0 Å². The van der Waals surface area contributed by atoms with Gasteiger partial charge in [-0.3, -0.25) is 9.59 Å². The first-order chi connectivity index (χ1) is 12.5. The van der Waals surface area contributed by atoms with Crippen LogP contribution in [-0.2, 0) is 14.3 Å². The van der Waals surface area contributed by atoms with Crippen LogP contribution in [0, 0.1) is 5.92 Å². The number of carbonyl (C=O) groups excluding carboxylic acids is 2. The molecule has 0 unspecified atom stereocenters. The number of benzene rings is 1. The van der Waals surface area contributed by atoms with Gasteiger partial charge in [0.05, 0.1) is 26.7 Å². The summed E-state index contributed by atoms with van der Waals surface area (Å²) >= 11 is 0. The number of ether oxygens (including phenoxy) is 3. The maximum atomic E-state index is 12.3. The molecule has 1 heterocycles. The van der Waals surface area contributed by atoms with E-state index in [2.05, 4.69) is 10.2 Å². The number of esters is 1. The number of likely N-dealkylation sites (tertiary alicyclic amines) is 1. The largest absolute Gasteiger partial charge is 0.497 e. The number of methoxy groups -OCH3 is 2. The summed E-state index contributed by atoms with van der Waals surface area (Å²) in [7, 11) is 3.13. The van der Waals surface area contributed by atoms with E-state index in [9.17, 15) is 9.59 Å².